The van der Waals surface area contributed by atoms with Crippen LogP contribution in [0.2, 0.25) is 0 Å². The van der Waals surface area contributed by atoms with Gasteiger partial charge in [-0.05, 0) is 18.6 Å². The largest absolute Gasteiger partial charge is 0.397 e. The van der Waals surface area contributed by atoms with Crippen LogP contribution in [-0.4, -0.2) is 4.57 Å². The average Bonchev–Trinajstić information content (AvgIpc) is 2.38. The molecule has 0 radical (unpaired) electrons. The predicted molar refractivity (Wildman–Crippen MR) is 70.1 cm³/mol. The van der Waals surface area contributed by atoms with Gasteiger partial charge in [-0.15, -0.1) is 0 Å². The molecule has 1 heterocycles. The van der Waals surface area contributed by atoms with Gasteiger partial charge in [0.05, 0.1) is 17.8 Å². The first-order chi connectivity index (χ1) is 9.02. The van der Waals surface area contributed by atoms with Crippen LogP contribution in [0.3, 0.4) is 0 Å². The molecule has 1 aromatic carbocycles. The number of nitrogens with two attached hydrogens (primary N) is 1. The number of aryl methyl sites for hydroxylation is 1. The summed E-state index contributed by atoms with van der Waals surface area (Å²) in [5.41, 5.74) is 6.88. The van der Waals surface area contributed by atoms with Crippen molar-refractivity contribution in [1.82, 2.24) is 4.57 Å². The van der Waals surface area contributed by atoms with E-state index in [0.29, 0.717) is 11.3 Å². The average molecular weight is 257 g/mol. The van der Waals surface area contributed by atoms with E-state index in [0.717, 1.165) is 0 Å². The summed E-state index contributed by atoms with van der Waals surface area (Å²) in [5, 5.41) is 8.77. The molecular formula is C14H12FN3O. The zero-order valence-corrected chi connectivity index (χ0v) is 10.4. The van der Waals surface area contributed by atoms with Gasteiger partial charge in [-0.3, -0.25) is 4.79 Å². The lowest BCUT2D eigenvalue weighted by molar-refractivity contribution is 0.593. The summed E-state index contributed by atoms with van der Waals surface area (Å²) in [4.78, 5) is 11.8. The molecule has 2 rings (SSSR count). The first-order valence-corrected chi connectivity index (χ1v) is 5.67. The van der Waals surface area contributed by atoms with E-state index in [2.05, 4.69) is 0 Å². The Balaban J connectivity index is 2.46. The maximum Gasteiger partial charge on any atom is 0.251 e. The molecule has 0 saturated carbocycles. The number of benzene rings is 1. The van der Waals surface area contributed by atoms with Crippen molar-refractivity contribution in [1.29, 1.82) is 5.26 Å². The molecule has 0 amide bonds. The summed E-state index contributed by atoms with van der Waals surface area (Å²) in [6.07, 6.45) is 1.48. The van der Waals surface area contributed by atoms with Crippen molar-refractivity contribution in [2.24, 2.45) is 0 Å². The summed E-state index contributed by atoms with van der Waals surface area (Å²) < 4.78 is 15.2. The summed E-state index contributed by atoms with van der Waals surface area (Å²) in [6, 6.07) is 7.69. The topological polar surface area (TPSA) is 71.8 Å². The van der Waals surface area contributed by atoms with E-state index in [4.69, 9.17) is 11.0 Å². The normalized spacial score (nSPS) is 10.2. The van der Waals surface area contributed by atoms with Gasteiger partial charge in [-0.25, -0.2) is 4.39 Å². The SMILES string of the molecule is Cc1cc(=O)n(Cc2cccc(C#N)c2F)cc1N. The number of aromatic nitrogens is 1. The van der Waals surface area contributed by atoms with Crippen molar-refractivity contribution in [3.63, 3.8) is 0 Å². The third kappa shape index (κ3) is 2.47. The molecule has 0 fully saturated rings. The number of pyridine rings is 1. The highest BCUT2D eigenvalue weighted by Gasteiger charge is 2.09. The highest BCUT2D eigenvalue weighted by molar-refractivity contribution is 5.43. The van der Waals surface area contributed by atoms with Crippen LogP contribution in [0.25, 0.3) is 0 Å². The van der Waals surface area contributed by atoms with Crippen LogP contribution in [0.5, 0.6) is 0 Å². The van der Waals surface area contributed by atoms with E-state index in [1.54, 1.807) is 25.1 Å². The van der Waals surface area contributed by atoms with Crippen molar-refractivity contribution < 1.29 is 4.39 Å². The van der Waals surface area contributed by atoms with Crippen molar-refractivity contribution in [3.05, 3.63) is 63.3 Å². The summed E-state index contributed by atoms with van der Waals surface area (Å²) in [6.45, 7) is 1.78. The summed E-state index contributed by atoms with van der Waals surface area (Å²) >= 11 is 0. The van der Waals surface area contributed by atoms with Gasteiger partial charge in [0.25, 0.3) is 5.56 Å². The molecule has 0 saturated heterocycles. The minimum Gasteiger partial charge on any atom is -0.397 e. The van der Waals surface area contributed by atoms with E-state index in [1.165, 1.54) is 22.9 Å². The van der Waals surface area contributed by atoms with Crippen LogP contribution < -0.4 is 11.3 Å². The second-order valence-corrected chi connectivity index (χ2v) is 4.27. The van der Waals surface area contributed by atoms with Crippen LogP contribution in [0.1, 0.15) is 16.7 Å². The monoisotopic (exact) mass is 257 g/mol. The van der Waals surface area contributed by atoms with Gasteiger partial charge in [0.2, 0.25) is 0 Å². The van der Waals surface area contributed by atoms with Crippen LogP contribution in [0.15, 0.2) is 35.3 Å². The van der Waals surface area contributed by atoms with E-state index in [1.807, 2.05) is 0 Å². The summed E-state index contributed by atoms with van der Waals surface area (Å²) in [7, 11) is 0. The number of hydrogen-bond acceptors (Lipinski definition) is 3. The number of halogens is 1. The predicted octanol–water partition coefficient (Wildman–Crippen LogP) is 1.80. The van der Waals surface area contributed by atoms with Crippen molar-refractivity contribution in [3.8, 4) is 6.07 Å². The maximum atomic E-state index is 13.9. The quantitative estimate of drug-likeness (QED) is 0.891. The van der Waals surface area contributed by atoms with Crippen molar-refractivity contribution >= 4 is 5.69 Å². The molecule has 0 atom stereocenters. The lowest BCUT2D eigenvalue weighted by atomic mass is 10.1. The molecule has 96 valence electrons. The number of nitriles is 1. The maximum absolute atomic E-state index is 13.9. The van der Waals surface area contributed by atoms with Gasteiger partial charge in [-0.1, -0.05) is 12.1 Å². The highest BCUT2D eigenvalue weighted by Crippen LogP contribution is 2.14. The Labute approximate surface area is 109 Å². The second kappa shape index (κ2) is 4.94. The molecule has 2 aromatic rings. The lowest BCUT2D eigenvalue weighted by Gasteiger charge is -2.09. The molecule has 2 N–H and O–H groups in total. The smallest absolute Gasteiger partial charge is 0.251 e. The number of hydrogen-bond donors (Lipinski definition) is 1. The molecule has 1 aromatic heterocycles. The molecule has 0 spiro atoms. The van der Waals surface area contributed by atoms with Crippen LogP contribution in [0, 0.1) is 24.1 Å². The lowest BCUT2D eigenvalue weighted by Crippen LogP contribution is -2.21. The molecule has 19 heavy (non-hydrogen) atoms. The number of rotatable bonds is 2. The Hall–Kier alpha value is -2.61. The Morgan fingerprint density at radius 2 is 2.21 bits per heavy atom. The molecule has 4 nitrogen and oxygen atoms in total. The third-order valence-corrected chi connectivity index (χ3v) is 2.91. The minimum absolute atomic E-state index is 0.0365. The van der Waals surface area contributed by atoms with E-state index < -0.39 is 5.82 Å². The van der Waals surface area contributed by atoms with Gasteiger partial charge < -0.3 is 10.3 Å². The fourth-order valence-electron chi connectivity index (χ4n) is 1.78. The van der Waals surface area contributed by atoms with Crippen molar-refractivity contribution in [2.45, 2.75) is 13.5 Å². The van der Waals surface area contributed by atoms with E-state index in [-0.39, 0.29) is 23.2 Å². The fourth-order valence-corrected chi connectivity index (χ4v) is 1.78. The van der Waals surface area contributed by atoms with Crippen molar-refractivity contribution in [2.75, 3.05) is 5.73 Å². The number of nitrogens with zero attached hydrogens (tertiary/aromatic N) is 2. The number of nitrogen functional groups attached to an aromatic ring is 1. The molecule has 0 bridgehead atoms. The Morgan fingerprint density at radius 1 is 1.47 bits per heavy atom. The minimum atomic E-state index is -0.601. The first-order valence-electron chi connectivity index (χ1n) is 5.67. The van der Waals surface area contributed by atoms with Gasteiger partial charge in [0.1, 0.15) is 11.9 Å². The Morgan fingerprint density at radius 3 is 2.89 bits per heavy atom. The molecule has 0 aliphatic carbocycles. The van der Waals surface area contributed by atoms with Gasteiger partial charge in [0.15, 0.2) is 0 Å². The highest BCUT2D eigenvalue weighted by atomic mass is 19.1. The van der Waals surface area contributed by atoms with Crippen LogP contribution in [-0.2, 0) is 6.54 Å². The van der Waals surface area contributed by atoms with E-state index in [9.17, 15) is 9.18 Å². The second-order valence-electron chi connectivity index (χ2n) is 4.27. The van der Waals surface area contributed by atoms with Crippen LogP contribution >= 0.6 is 0 Å². The van der Waals surface area contributed by atoms with Gasteiger partial charge in [0, 0.05) is 17.8 Å². The molecule has 0 unspecified atom stereocenters. The van der Waals surface area contributed by atoms with Gasteiger partial charge >= 0.3 is 0 Å². The Kier molecular flexibility index (Phi) is 3.34. The Bertz CT molecular complexity index is 728. The van der Waals surface area contributed by atoms with Crippen LogP contribution in [0.4, 0.5) is 10.1 Å². The summed E-state index contributed by atoms with van der Waals surface area (Å²) in [5.74, 6) is -0.601. The zero-order valence-electron chi connectivity index (χ0n) is 10.4. The molecule has 0 aliphatic heterocycles. The van der Waals surface area contributed by atoms with E-state index >= 15 is 0 Å². The third-order valence-electron chi connectivity index (χ3n) is 2.91. The standard InChI is InChI=1S/C14H12FN3O/c1-9-5-13(19)18(8-12(9)17)7-11-4-2-3-10(6-16)14(11)15/h2-5,8H,7,17H2,1H3. The first kappa shape index (κ1) is 12.8. The number of anilines is 1. The van der Waals surface area contributed by atoms with Gasteiger partial charge in [-0.2, -0.15) is 5.26 Å². The molecular weight excluding hydrogens is 245 g/mol. The molecule has 0 aliphatic rings. The molecule has 5 heteroatoms. The fraction of sp³-hybridized carbons (Fsp3) is 0.143. The zero-order chi connectivity index (χ0) is 14.0.